The summed E-state index contributed by atoms with van der Waals surface area (Å²) in [6.07, 6.45) is -5.34. The third kappa shape index (κ3) is 4.83. The van der Waals surface area contributed by atoms with Crippen molar-refractivity contribution >= 4 is 5.91 Å². The molecule has 2 N–H and O–H groups in total. The Balaban J connectivity index is 1.83. The Hall–Kier alpha value is -1.90. The molecule has 9 heteroatoms. The molecule has 1 aromatic carbocycles. The predicted octanol–water partition coefficient (Wildman–Crippen LogP) is 2.20. The van der Waals surface area contributed by atoms with Crippen LogP contribution >= 0.6 is 0 Å². The minimum absolute atomic E-state index is 0.0227. The number of alkyl halides is 5. The molecule has 1 heterocycles. The van der Waals surface area contributed by atoms with Crippen LogP contribution in [0.1, 0.15) is 12.0 Å². The number of amides is 1. The molecule has 0 aliphatic carbocycles. The maximum absolute atomic E-state index is 12.9. The van der Waals surface area contributed by atoms with Gasteiger partial charge in [-0.05, 0) is 17.7 Å². The number of benzene rings is 1. The zero-order chi connectivity index (χ0) is 16.4. The lowest BCUT2D eigenvalue weighted by Gasteiger charge is -2.12. The zero-order valence-corrected chi connectivity index (χ0v) is 11.2. The van der Waals surface area contributed by atoms with E-state index in [2.05, 4.69) is 15.4 Å². The van der Waals surface area contributed by atoms with Crippen LogP contribution < -0.4 is 15.4 Å². The third-order valence-corrected chi connectivity index (χ3v) is 3.05. The molecule has 4 nitrogen and oxygen atoms in total. The van der Waals surface area contributed by atoms with Gasteiger partial charge in [0.1, 0.15) is 5.75 Å². The van der Waals surface area contributed by atoms with Crippen molar-refractivity contribution in [3.63, 3.8) is 0 Å². The molecule has 2 rings (SSSR count). The number of hydrogen-bond donors (Lipinski definition) is 2. The van der Waals surface area contributed by atoms with Gasteiger partial charge in [0.15, 0.2) is 0 Å². The molecule has 1 aliphatic heterocycles. The Morgan fingerprint density at radius 1 is 1.32 bits per heavy atom. The molecule has 1 aliphatic rings. The maximum atomic E-state index is 12.9. The van der Waals surface area contributed by atoms with Gasteiger partial charge in [0.2, 0.25) is 5.91 Å². The van der Waals surface area contributed by atoms with Crippen LogP contribution in [0.25, 0.3) is 0 Å². The van der Waals surface area contributed by atoms with E-state index in [-0.39, 0.29) is 12.3 Å². The van der Waals surface area contributed by atoms with Gasteiger partial charge in [-0.15, -0.1) is 13.2 Å². The van der Waals surface area contributed by atoms with Crippen LogP contribution in [0.3, 0.4) is 0 Å². The largest absolute Gasteiger partial charge is 0.573 e. The van der Waals surface area contributed by atoms with Gasteiger partial charge in [0.05, 0.1) is 12.6 Å². The first-order chi connectivity index (χ1) is 10.1. The van der Waals surface area contributed by atoms with E-state index in [0.29, 0.717) is 5.56 Å². The Bertz CT molecular complexity index is 530. The van der Waals surface area contributed by atoms with E-state index in [0.717, 1.165) is 12.1 Å². The van der Waals surface area contributed by atoms with E-state index in [9.17, 15) is 26.7 Å². The fourth-order valence-corrected chi connectivity index (χ4v) is 2.02. The minimum Gasteiger partial charge on any atom is -0.406 e. The highest BCUT2D eigenvalue weighted by atomic mass is 19.4. The number of carbonyl (C=O) groups is 1. The van der Waals surface area contributed by atoms with Gasteiger partial charge in [-0.3, -0.25) is 10.1 Å². The van der Waals surface area contributed by atoms with Gasteiger partial charge in [0.25, 0.3) is 5.92 Å². The van der Waals surface area contributed by atoms with Crippen LogP contribution in [0.2, 0.25) is 0 Å². The van der Waals surface area contributed by atoms with Crippen molar-refractivity contribution in [2.45, 2.75) is 31.3 Å². The van der Waals surface area contributed by atoms with Gasteiger partial charge in [-0.2, -0.15) is 0 Å². The normalized spacial score (nSPS) is 20.7. The van der Waals surface area contributed by atoms with Crippen LogP contribution in [0, 0.1) is 0 Å². The first-order valence-electron chi connectivity index (χ1n) is 6.38. The van der Waals surface area contributed by atoms with Gasteiger partial charge in [0, 0.05) is 13.0 Å². The molecular formula is C13H13F5N2O2. The Morgan fingerprint density at radius 3 is 2.45 bits per heavy atom. The molecule has 22 heavy (non-hydrogen) atoms. The molecule has 1 unspecified atom stereocenters. The second-order valence-electron chi connectivity index (χ2n) is 4.90. The number of hydrogen-bond acceptors (Lipinski definition) is 3. The van der Waals surface area contributed by atoms with Crippen molar-refractivity contribution in [2.75, 3.05) is 6.54 Å². The summed E-state index contributed by atoms with van der Waals surface area (Å²) in [5.41, 5.74) is 0.521. The lowest BCUT2D eigenvalue weighted by Crippen LogP contribution is -2.40. The van der Waals surface area contributed by atoms with E-state index < -0.39 is 37.2 Å². The molecule has 1 fully saturated rings. The summed E-state index contributed by atoms with van der Waals surface area (Å²) in [5, 5.41) is 4.86. The van der Waals surface area contributed by atoms with E-state index in [4.69, 9.17) is 0 Å². The van der Waals surface area contributed by atoms with Crippen LogP contribution in [0.15, 0.2) is 24.3 Å². The second-order valence-corrected chi connectivity index (χ2v) is 4.90. The highest BCUT2D eigenvalue weighted by Crippen LogP contribution is 2.25. The van der Waals surface area contributed by atoms with Crippen molar-refractivity contribution in [3.8, 4) is 5.75 Å². The number of nitrogens with one attached hydrogen (secondary N) is 2. The van der Waals surface area contributed by atoms with E-state index in [1.165, 1.54) is 12.1 Å². The summed E-state index contributed by atoms with van der Waals surface area (Å²) < 4.78 is 65.6. The summed E-state index contributed by atoms with van der Waals surface area (Å²) in [4.78, 5) is 11.7. The standard InChI is InChI=1S/C13H13F5N2O2/c14-12(15)5-10(20-7-12)11(21)19-6-8-1-3-9(4-2-8)22-13(16,17)18/h1-4,10,20H,5-7H2,(H,19,21). The summed E-state index contributed by atoms with van der Waals surface area (Å²) in [6, 6.07) is 3.94. The molecule has 1 aromatic rings. The molecule has 0 aromatic heterocycles. The average Bonchev–Trinajstić information content (AvgIpc) is 2.76. The highest BCUT2D eigenvalue weighted by molar-refractivity contribution is 5.82. The summed E-state index contributed by atoms with van der Waals surface area (Å²) in [5.74, 6) is -3.86. The molecule has 1 saturated heterocycles. The monoisotopic (exact) mass is 324 g/mol. The van der Waals surface area contributed by atoms with Crippen LogP contribution in [-0.2, 0) is 11.3 Å². The molecule has 0 spiro atoms. The van der Waals surface area contributed by atoms with Crippen LogP contribution in [0.4, 0.5) is 22.0 Å². The van der Waals surface area contributed by atoms with Crippen molar-refractivity contribution in [2.24, 2.45) is 0 Å². The first-order valence-corrected chi connectivity index (χ1v) is 6.38. The molecule has 1 amide bonds. The molecule has 1 atom stereocenters. The van der Waals surface area contributed by atoms with Crippen LogP contribution in [0.5, 0.6) is 5.75 Å². The minimum atomic E-state index is -4.77. The smallest absolute Gasteiger partial charge is 0.406 e. The molecule has 0 radical (unpaired) electrons. The summed E-state index contributed by atoms with van der Waals surface area (Å²) in [6.45, 7) is -0.524. The molecular weight excluding hydrogens is 311 g/mol. The lowest BCUT2D eigenvalue weighted by molar-refractivity contribution is -0.274. The van der Waals surface area contributed by atoms with Gasteiger partial charge >= 0.3 is 6.36 Å². The van der Waals surface area contributed by atoms with E-state index >= 15 is 0 Å². The van der Waals surface area contributed by atoms with Gasteiger partial charge in [-0.25, -0.2) is 8.78 Å². The molecule has 0 bridgehead atoms. The van der Waals surface area contributed by atoms with E-state index in [1.807, 2.05) is 0 Å². The van der Waals surface area contributed by atoms with Crippen molar-refractivity contribution in [3.05, 3.63) is 29.8 Å². The van der Waals surface area contributed by atoms with E-state index in [1.54, 1.807) is 0 Å². The first kappa shape index (κ1) is 16.5. The van der Waals surface area contributed by atoms with Crippen LogP contribution in [-0.4, -0.2) is 30.8 Å². The fourth-order valence-electron chi connectivity index (χ4n) is 2.02. The fraction of sp³-hybridized carbons (Fsp3) is 0.462. The zero-order valence-electron chi connectivity index (χ0n) is 11.2. The Labute approximate surface area is 122 Å². The lowest BCUT2D eigenvalue weighted by atomic mass is 10.1. The third-order valence-electron chi connectivity index (χ3n) is 3.05. The topological polar surface area (TPSA) is 50.4 Å². The maximum Gasteiger partial charge on any atom is 0.573 e. The van der Waals surface area contributed by atoms with Gasteiger partial charge in [-0.1, -0.05) is 12.1 Å². The summed E-state index contributed by atoms with van der Waals surface area (Å²) in [7, 11) is 0. The molecule has 0 saturated carbocycles. The highest BCUT2D eigenvalue weighted by Gasteiger charge is 2.42. The second kappa shape index (κ2) is 6.07. The van der Waals surface area contributed by atoms with Gasteiger partial charge < -0.3 is 10.1 Å². The van der Waals surface area contributed by atoms with Crippen molar-refractivity contribution in [1.29, 1.82) is 0 Å². The predicted molar refractivity (Wildman–Crippen MR) is 66.3 cm³/mol. The number of rotatable bonds is 4. The van der Waals surface area contributed by atoms with Crippen molar-refractivity contribution in [1.82, 2.24) is 10.6 Å². The number of halogens is 5. The number of carbonyl (C=O) groups excluding carboxylic acids is 1. The number of ether oxygens (including phenoxy) is 1. The SMILES string of the molecule is O=C(NCc1ccc(OC(F)(F)F)cc1)C1CC(F)(F)CN1. The Kier molecular flexibility index (Phi) is 4.55. The Morgan fingerprint density at radius 2 is 1.95 bits per heavy atom. The quantitative estimate of drug-likeness (QED) is 0.835. The summed E-state index contributed by atoms with van der Waals surface area (Å²) >= 11 is 0. The van der Waals surface area contributed by atoms with Crippen molar-refractivity contribution < 1.29 is 31.5 Å². The average molecular weight is 324 g/mol. The molecule has 122 valence electrons.